The van der Waals surface area contributed by atoms with Gasteiger partial charge >= 0.3 is 0 Å². The van der Waals surface area contributed by atoms with Gasteiger partial charge in [-0.05, 0) is 18.1 Å². The molecular weight excluding hydrogens is 310 g/mol. The van der Waals surface area contributed by atoms with Gasteiger partial charge in [0.1, 0.15) is 0 Å². The van der Waals surface area contributed by atoms with Crippen molar-refractivity contribution < 1.29 is 9.53 Å². The largest absolute Gasteiger partial charge is 0.361 e. The van der Waals surface area contributed by atoms with E-state index in [9.17, 15) is 4.79 Å². The fourth-order valence-corrected chi connectivity index (χ4v) is 3.19. The number of halogens is 1. The van der Waals surface area contributed by atoms with E-state index in [4.69, 9.17) is 16.3 Å². The average molecular weight is 330 g/mol. The molecule has 0 aliphatic carbocycles. The van der Waals surface area contributed by atoms with Crippen molar-refractivity contribution >= 4 is 17.5 Å². The summed E-state index contributed by atoms with van der Waals surface area (Å²) in [5.74, 6) is 0.0160. The van der Waals surface area contributed by atoms with Crippen molar-refractivity contribution in [3.8, 4) is 0 Å². The molecule has 3 nitrogen and oxygen atoms in total. The molecule has 0 radical (unpaired) electrons. The van der Waals surface area contributed by atoms with Crippen molar-refractivity contribution in [2.24, 2.45) is 0 Å². The van der Waals surface area contributed by atoms with E-state index >= 15 is 0 Å². The molecule has 0 bridgehead atoms. The first-order valence-corrected chi connectivity index (χ1v) is 8.24. The number of alkyl halides is 1. The van der Waals surface area contributed by atoms with Crippen LogP contribution in [0.25, 0.3) is 0 Å². The smallest absolute Gasteiger partial charge is 0.254 e. The van der Waals surface area contributed by atoms with Crippen LogP contribution in [0.2, 0.25) is 0 Å². The molecule has 0 aromatic heterocycles. The van der Waals surface area contributed by atoms with Gasteiger partial charge in [0.25, 0.3) is 5.91 Å². The molecule has 0 spiro atoms. The quantitative estimate of drug-likeness (QED) is 0.598. The van der Waals surface area contributed by atoms with Gasteiger partial charge in [-0.2, -0.15) is 0 Å². The van der Waals surface area contributed by atoms with E-state index in [1.54, 1.807) is 0 Å². The Kier molecular flexibility index (Phi) is 4.99. The van der Waals surface area contributed by atoms with Crippen LogP contribution < -0.4 is 0 Å². The Morgan fingerprint density at radius 2 is 1.61 bits per heavy atom. The molecule has 0 unspecified atom stereocenters. The average Bonchev–Trinajstić information content (AvgIpc) is 2.58. The Bertz CT molecular complexity index is 645. The summed E-state index contributed by atoms with van der Waals surface area (Å²) >= 11 is 6.31. The van der Waals surface area contributed by atoms with E-state index in [1.165, 1.54) is 0 Å². The van der Waals surface area contributed by atoms with Crippen molar-refractivity contribution in [2.45, 2.75) is 37.6 Å². The summed E-state index contributed by atoms with van der Waals surface area (Å²) in [4.78, 5) is 14.3. The molecule has 1 fully saturated rings. The third-order valence-corrected chi connectivity index (χ3v) is 4.39. The van der Waals surface area contributed by atoms with Crippen molar-refractivity contribution in [3.05, 3.63) is 71.8 Å². The molecule has 1 amide bonds. The zero-order valence-electron chi connectivity index (χ0n) is 13.1. The lowest BCUT2D eigenvalue weighted by Gasteiger charge is -2.48. The van der Waals surface area contributed by atoms with Gasteiger partial charge in [0.2, 0.25) is 0 Å². The van der Waals surface area contributed by atoms with Crippen LogP contribution in [0.1, 0.15) is 18.1 Å². The van der Waals surface area contributed by atoms with Crippen molar-refractivity contribution in [3.63, 3.8) is 0 Å². The number of carbonyl (C=O) groups is 1. The van der Waals surface area contributed by atoms with Crippen LogP contribution >= 0.6 is 11.6 Å². The minimum atomic E-state index is -0.452. The van der Waals surface area contributed by atoms with E-state index in [0.717, 1.165) is 11.1 Å². The summed E-state index contributed by atoms with van der Waals surface area (Å²) in [5, 5.41) is -0.155. The molecule has 23 heavy (non-hydrogen) atoms. The third-order valence-electron chi connectivity index (χ3n) is 4.14. The van der Waals surface area contributed by atoms with Gasteiger partial charge in [0, 0.05) is 6.54 Å². The number of hydrogen-bond acceptors (Lipinski definition) is 2. The summed E-state index contributed by atoms with van der Waals surface area (Å²) in [6, 6.07) is 19.7. The van der Waals surface area contributed by atoms with Crippen LogP contribution in [0, 0.1) is 0 Å². The zero-order chi connectivity index (χ0) is 16.2. The summed E-state index contributed by atoms with van der Waals surface area (Å²) in [7, 11) is 0. The number of carbonyl (C=O) groups excluding carboxylic acids is 1. The number of ether oxygens (including phenoxy) is 1. The lowest BCUT2D eigenvalue weighted by Crippen LogP contribution is -2.67. The van der Waals surface area contributed by atoms with E-state index in [2.05, 4.69) is 0 Å². The maximum absolute atomic E-state index is 12.4. The second kappa shape index (κ2) is 7.16. The topological polar surface area (TPSA) is 29.5 Å². The molecular formula is C19H20ClNO2. The molecule has 0 N–H and O–H groups in total. The Labute approximate surface area is 141 Å². The Morgan fingerprint density at radius 1 is 1.04 bits per heavy atom. The molecule has 3 rings (SSSR count). The van der Waals surface area contributed by atoms with E-state index in [1.807, 2.05) is 72.5 Å². The second-order valence-electron chi connectivity index (χ2n) is 5.84. The summed E-state index contributed by atoms with van der Waals surface area (Å²) in [6.45, 7) is 2.92. The van der Waals surface area contributed by atoms with Crippen LogP contribution in [-0.4, -0.2) is 28.3 Å². The minimum Gasteiger partial charge on any atom is -0.361 e. The third kappa shape index (κ3) is 3.57. The van der Waals surface area contributed by atoms with Gasteiger partial charge in [-0.1, -0.05) is 60.7 Å². The van der Waals surface area contributed by atoms with E-state index in [-0.39, 0.29) is 17.3 Å². The van der Waals surface area contributed by atoms with Gasteiger partial charge in [0.05, 0.1) is 18.0 Å². The predicted molar refractivity (Wildman–Crippen MR) is 91.1 cm³/mol. The summed E-state index contributed by atoms with van der Waals surface area (Å²) in [5.41, 5.74) is 2.16. The highest BCUT2D eigenvalue weighted by Gasteiger charge is 2.50. The Hall–Kier alpha value is -1.84. The Balaban J connectivity index is 1.64. The molecule has 4 heteroatoms. The first kappa shape index (κ1) is 16.0. The van der Waals surface area contributed by atoms with Crippen LogP contribution in [0.3, 0.4) is 0 Å². The second-order valence-corrected chi connectivity index (χ2v) is 6.53. The number of β-lactam (4-membered cyclic amide) rings is 1. The van der Waals surface area contributed by atoms with Gasteiger partial charge in [-0.25, -0.2) is 0 Å². The molecule has 2 aromatic rings. The zero-order valence-corrected chi connectivity index (χ0v) is 13.8. The predicted octanol–water partition coefficient (Wildman–Crippen LogP) is 3.61. The van der Waals surface area contributed by atoms with E-state index in [0.29, 0.717) is 13.2 Å². The SMILES string of the molecule is C[C@H](Cl)[C@@H]1[C@H](OCc2ccccc2)C(=O)N1Cc1ccccc1. The summed E-state index contributed by atoms with van der Waals surface area (Å²) < 4.78 is 5.84. The van der Waals surface area contributed by atoms with E-state index < -0.39 is 6.10 Å². The van der Waals surface area contributed by atoms with Gasteiger partial charge < -0.3 is 9.64 Å². The molecule has 1 heterocycles. The number of hydrogen-bond donors (Lipinski definition) is 0. The highest BCUT2D eigenvalue weighted by molar-refractivity contribution is 6.21. The summed E-state index contributed by atoms with van der Waals surface area (Å²) in [6.07, 6.45) is -0.452. The first-order valence-electron chi connectivity index (χ1n) is 7.81. The molecule has 1 saturated heterocycles. The number of amides is 1. The monoisotopic (exact) mass is 329 g/mol. The minimum absolute atomic E-state index is 0.0160. The number of rotatable bonds is 6. The first-order chi connectivity index (χ1) is 11.2. The fraction of sp³-hybridized carbons (Fsp3) is 0.316. The highest BCUT2D eigenvalue weighted by Crippen LogP contribution is 2.31. The van der Waals surface area contributed by atoms with Gasteiger partial charge in [-0.3, -0.25) is 4.79 Å². The molecule has 3 atom stereocenters. The maximum atomic E-state index is 12.4. The van der Waals surface area contributed by atoms with Gasteiger partial charge in [-0.15, -0.1) is 11.6 Å². The lowest BCUT2D eigenvalue weighted by atomic mass is 9.94. The normalized spacial score (nSPS) is 21.8. The van der Waals surface area contributed by atoms with Crippen molar-refractivity contribution in [2.75, 3.05) is 0 Å². The van der Waals surface area contributed by atoms with Gasteiger partial charge in [0.15, 0.2) is 6.10 Å². The van der Waals surface area contributed by atoms with Crippen LogP contribution in [0.5, 0.6) is 0 Å². The molecule has 1 aliphatic heterocycles. The number of benzene rings is 2. The number of likely N-dealkylation sites (tertiary alicyclic amines) is 1. The van der Waals surface area contributed by atoms with Crippen LogP contribution in [0.15, 0.2) is 60.7 Å². The van der Waals surface area contributed by atoms with Crippen molar-refractivity contribution in [1.82, 2.24) is 4.90 Å². The fourth-order valence-electron chi connectivity index (χ4n) is 2.92. The molecule has 0 saturated carbocycles. The molecule has 120 valence electrons. The number of nitrogens with zero attached hydrogens (tertiary/aromatic N) is 1. The standard InChI is InChI=1S/C19H20ClNO2/c1-14(20)17-18(23-13-16-10-6-3-7-11-16)19(22)21(17)12-15-8-4-2-5-9-15/h2-11,14,17-18H,12-13H2,1H3/t14-,17+,18-/m0/s1. The highest BCUT2D eigenvalue weighted by atomic mass is 35.5. The maximum Gasteiger partial charge on any atom is 0.254 e. The lowest BCUT2D eigenvalue weighted by molar-refractivity contribution is -0.177. The van der Waals surface area contributed by atoms with Crippen LogP contribution in [-0.2, 0) is 22.7 Å². The van der Waals surface area contributed by atoms with Crippen molar-refractivity contribution in [1.29, 1.82) is 0 Å². The van der Waals surface area contributed by atoms with Crippen LogP contribution in [0.4, 0.5) is 0 Å². The Morgan fingerprint density at radius 3 is 2.17 bits per heavy atom. The molecule has 2 aromatic carbocycles. The molecule has 1 aliphatic rings.